The van der Waals surface area contributed by atoms with Gasteiger partial charge in [-0.25, -0.2) is 14.8 Å². The van der Waals surface area contributed by atoms with E-state index < -0.39 is 18.2 Å². The predicted octanol–water partition coefficient (Wildman–Crippen LogP) is 7.56. The average molecular weight is 831 g/mol. The fourth-order valence-corrected chi connectivity index (χ4v) is 11.2. The number of hydrogen-bond donors (Lipinski definition) is 4. The fourth-order valence-electron chi connectivity index (χ4n) is 11.2. The largest absolute Gasteiger partial charge is 0.453 e. The first kappa shape index (κ1) is 41.3. The number of ether oxygens (including phenoxy) is 2. The van der Waals surface area contributed by atoms with Crippen molar-refractivity contribution in [3.05, 3.63) is 95.5 Å². The molecule has 324 valence electrons. The van der Waals surface area contributed by atoms with E-state index in [9.17, 15) is 14.4 Å². The number of alkyl carbamates (subject to hydrolysis) is 1. The van der Waals surface area contributed by atoms with E-state index in [2.05, 4.69) is 68.1 Å². The van der Waals surface area contributed by atoms with Gasteiger partial charge in [-0.1, -0.05) is 68.4 Å². The summed E-state index contributed by atoms with van der Waals surface area (Å²) < 4.78 is 10.4. The minimum absolute atomic E-state index is 0.0525. The quantitative estimate of drug-likeness (QED) is 0.114. The first-order chi connectivity index (χ1) is 29.7. The number of nitrogens with one attached hydrogen (secondary N) is 4. The van der Waals surface area contributed by atoms with Gasteiger partial charge < -0.3 is 34.6 Å². The van der Waals surface area contributed by atoms with Crippen LogP contribution in [0.1, 0.15) is 137 Å². The standard InChI is InChI=1S/C48H62N8O5/c1-31(2)40(54-46(59)60-3)44(57)55-25-7-11-37(55)42-49-29-36(52-42)32-13-15-34(16-14-32)47-19-22-48(23-20-47,24-21-47)39-30-50-43(53-39)38-12-8-26-56(38)45(58)41(33-9-5-4-6-10-33)51-35-17-27-61-28-18-35/h4-6,9-10,13-16,29-31,35,37-38,40-41,51H,7-8,11-12,17-28H2,1-3H3,(H,49,52)(H,50,53)(H,54,59). The van der Waals surface area contributed by atoms with Crippen LogP contribution in [0.25, 0.3) is 11.3 Å². The Morgan fingerprint density at radius 3 is 2.02 bits per heavy atom. The molecule has 2 aromatic heterocycles. The third-order valence-corrected chi connectivity index (χ3v) is 14.9. The van der Waals surface area contributed by atoms with Crippen molar-refractivity contribution < 1.29 is 23.9 Å². The number of H-pyrrole nitrogens is 2. The van der Waals surface area contributed by atoms with Crippen LogP contribution in [0.3, 0.4) is 0 Å². The van der Waals surface area contributed by atoms with Crippen molar-refractivity contribution in [1.29, 1.82) is 0 Å². The van der Waals surface area contributed by atoms with Crippen molar-refractivity contribution >= 4 is 17.9 Å². The summed E-state index contributed by atoms with van der Waals surface area (Å²) in [7, 11) is 1.31. The predicted molar refractivity (Wildman–Crippen MR) is 231 cm³/mol. The number of methoxy groups -OCH3 is 1. The summed E-state index contributed by atoms with van der Waals surface area (Å²) in [6.45, 7) is 6.66. The number of hydrogen-bond acceptors (Lipinski definition) is 8. The van der Waals surface area contributed by atoms with Crippen molar-refractivity contribution in [3.63, 3.8) is 0 Å². The van der Waals surface area contributed by atoms with Gasteiger partial charge in [-0.3, -0.25) is 14.9 Å². The van der Waals surface area contributed by atoms with E-state index in [1.54, 1.807) is 0 Å². The molecule has 3 aliphatic carbocycles. The Morgan fingerprint density at radius 1 is 0.770 bits per heavy atom. The van der Waals surface area contributed by atoms with E-state index in [1.165, 1.54) is 18.4 Å². The molecular formula is C48H62N8O5. The lowest BCUT2D eigenvalue weighted by Gasteiger charge is -2.53. The maximum absolute atomic E-state index is 14.4. The van der Waals surface area contributed by atoms with Gasteiger partial charge >= 0.3 is 6.09 Å². The topological polar surface area (TPSA) is 158 Å². The third-order valence-electron chi connectivity index (χ3n) is 14.9. The molecule has 4 atom stereocenters. The van der Waals surface area contributed by atoms with Crippen molar-refractivity contribution in [3.8, 4) is 11.3 Å². The molecule has 2 aromatic carbocycles. The number of carbonyl (C=O) groups is 3. The molecule has 6 fully saturated rings. The highest BCUT2D eigenvalue weighted by Crippen LogP contribution is 2.58. The Kier molecular flexibility index (Phi) is 11.8. The summed E-state index contributed by atoms with van der Waals surface area (Å²) in [6.07, 6.45) is 15.5. The number of benzene rings is 2. The van der Waals surface area contributed by atoms with Gasteiger partial charge in [-0.15, -0.1) is 0 Å². The number of fused-ring (bicyclic) bond motifs is 3. The zero-order valence-electron chi connectivity index (χ0n) is 36.0. The SMILES string of the molecule is COC(=O)NC(C(=O)N1CCCC1c1ncc(-c2ccc(C34CCC(c5cnc(C6CCCN6C(=O)C(NC6CCOCC6)c6ccccc6)[nH]5)(CC3)CC4)cc2)[nH]1)C(C)C. The lowest BCUT2D eigenvalue weighted by atomic mass is 9.51. The van der Waals surface area contributed by atoms with Gasteiger partial charge in [-0.05, 0) is 105 Å². The average Bonchev–Trinajstić information content (AvgIpc) is 4.16. The Bertz CT molecular complexity index is 2140. The van der Waals surface area contributed by atoms with E-state index in [4.69, 9.17) is 19.4 Å². The van der Waals surface area contributed by atoms with Crippen LogP contribution >= 0.6 is 0 Å². The van der Waals surface area contributed by atoms with Crippen LogP contribution in [0.5, 0.6) is 0 Å². The number of imidazole rings is 2. The van der Waals surface area contributed by atoms with Crippen LogP contribution in [-0.4, -0.2) is 93.1 Å². The van der Waals surface area contributed by atoms with E-state index in [1.807, 2.05) is 43.1 Å². The van der Waals surface area contributed by atoms with E-state index in [0.29, 0.717) is 6.54 Å². The van der Waals surface area contributed by atoms with E-state index >= 15 is 0 Å². The third kappa shape index (κ3) is 8.11. The Balaban J connectivity index is 0.845. The molecule has 61 heavy (non-hydrogen) atoms. The lowest BCUT2D eigenvalue weighted by molar-refractivity contribution is -0.136. The molecule has 10 rings (SSSR count). The molecular weight excluding hydrogens is 769 g/mol. The van der Waals surface area contributed by atoms with Crippen LogP contribution in [0.2, 0.25) is 0 Å². The Hall–Kier alpha value is -5.01. The number of likely N-dealkylation sites (tertiary alicyclic amines) is 2. The zero-order valence-corrected chi connectivity index (χ0v) is 36.0. The summed E-state index contributed by atoms with van der Waals surface area (Å²) in [5.41, 5.74) is 5.91. The molecule has 0 spiro atoms. The molecule has 13 heteroatoms. The van der Waals surface area contributed by atoms with E-state index in [0.717, 1.165) is 125 Å². The minimum atomic E-state index is -0.667. The molecule has 4 unspecified atom stereocenters. The highest BCUT2D eigenvalue weighted by molar-refractivity contribution is 5.86. The van der Waals surface area contributed by atoms with Gasteiger partial charge in [0.05, 0.1) is 31.1 Å². The van der Waals surface area contributed by atoms with Crippen LogP contribution in [-0.2, 0) is 29.9 Å². The molecule has 3 saturated carbocycles. The van der Waals surface area contributed by atoms with Crippen LogP contribution in [0.4, 0.5) is 4.79 Å². The van der Waals surface area contributed by atoms with Gasteiger partial charge in [-0.2, -0.15) is 0 Å². The number of aromatic nitrogens is 4. The fraction of sp³-hybridized carbons (Fsp3) is 0.562. The number of amides is 3. The highest BCUT2D eigenvalue weighted by Gasteiger charge is 2.51. The lowest BCUT2D eigenvalue weighted by Crippen LogP contribution is -2.51. The molecule has 3 amide bonds. The number of aromatic amines is 2. The molecule has 2 bridgehead atoms. The van der Waals surface area contributed by atoms with Crippen molar-refractivity contribution in [2.75, 3.05) is 33.4 Å². The van der Waals surface area contributed by atoms with Gasteiger partial charge in [0.15, 0.2) is 0 Å². The van der Waals surface area contributed by atoms with Gasteiger partial charge in [0.2, 0.25) is 11.8 Å². The summed E-state index contributed by atoms with van der Waals surface area (Å²) >= 11 is 0. The Labute approximate surface area is 359 Å². The number of rotatable bonds is 12. The number of carbonyl (C=O) groups excluding carboxylic acids is 3. The maximum atomic E-state index is 14.4. The first-order valence-electron chi connectivity index (χ1n) is 22.7. The van der Waals surface area contributed by atoms with Gasteiger partial charge in [0.1, 0.15) is 23.7 Å². The van der Waals surface area contributed by atoms with Gasteiger partial charge in [0.25, 0.3) is 0 Å². The molecule has 3 saturated heterocycles. The summed E-state index contributed by atoms with van der Waals surface area (Å²) in [4.78, 5) is 61.1. The van der Waals surface area contributed by atoms with Crippen LogP contribution in [0, 0.1) is 5.92 Å². The summed E-state index contributed by atoms with van der Waals surface area (Å²) in [5.74, 6) is 1.63. The smallest absolute Gasteiger partial charge is 0.407 e. The molecule has 3 aliphatic heterocycles. The monoisotopic (exact) mass is 830 g/mol. The first-order valence-corrected chi connectivity index (χ1v) is 22.7. The highest BCUT2D eigenvalue weighted by atomic mass is 16.5. The minimum Gasteiger partial charge on any atom is -0.453 e. The van der Waals surface area contributed by atoms with Crippen LogP contribution in [0.15, 0.2) is 67.0 Å². The molecule has 5 heterocycles. The van der Waals surface area contributed by atoms with Crippen molar-refractivity contribution in [2.45, 2.75) is 132 Å². The maximum Gasteiger partial charge on any atom is 0.407 e. The molecule has 4 N–H and O–H groups in total. The molecule has 4 aromatic rings. The second kappa shape index (κ2) is 17.4. The summed E-state index contributed by atoms with van der Waals surface area (Å²) in [5, 5.41) is 6.45. The summed E-state index contributed by atoms with van der Waals surface area (Å²) in [6, 6.07) is 18.2. The van der Waals surface area contributed by atoms with Gasteiger partial charge in [0, 0.05) is 49.7 Å². The number of nitrogens with zero attached hydrogens (tertiary/aromatic N) is 4. The molecule has 6 aliphatic rings. The second-order valence-electron chi connectivity index (χ2n) is 18.6. The molecule has 0 radical (unpaired) electrons. The van der Waals surface area contributed by atoms with E-state index in [-0.39, 0.29) is 46.7 Å². The normalized spacial score (nSPS) is 26.4. The second-order valence-corrected chi connectivity index (χ2v) is 18.6. The van der Waals surface area contributed by atoms with Crippen molar-refractivity contribution in [2.24, 2.45) is 5.92 Å². The van der Waals surface area contributed by atoms with Crippen molar-refractivity contribution in [1.82, 2.24) is 40.4 Å². The Morgan fingerprint density at radius 2 is 1.38 bits per heavy atom. The zero-order chi connectivity index (χ0) is 42.1. The van der Waals surface area contributed by atoms with Crippen LogP contribution < -0.4 is 10.6 Å². The molecule has 13 nitrogen and oxygen atoms in total.